The lowest BCUT2D eigenvalue weighted by Crippen LogP contribution is -2.11. The van der Waals surface area contributed by atoms with Gasteiger partial charge in [-0.1, -0.05) is 47.1 Å². The Kier molecular flexibility index (Phi) is 4.37. The molecule has 0 aliphatic heterocycles. The maximum Gasteiger partial charge on any atom is 0.258 e. The summed E-state index contributed by atoms with van der Waals surface area (Å²) in [5.41, 5.74) is 2.54. The largest absolute Gasteiger partial charge is 0.338 e. The third kappa shape index (κ3) is 3.44. The molecule has 0 unspecified atom stereocenters. The van der Waals surface area contributed by atoms with Crippen LogP contribution in [0.15, 0.2) is 34.9 Å². The molecule has 0 atom stereocenters. The summed E-state index contributed by atoms with van der Waals surface area (Å²) in [6.07, 6.45) is 0. The lowest BCUT2D eigenvalue weighted by Gasteiger charge is -2.02. The lowest BCUT2D eigenvalue weighted by molar-refractivity contribution is 0.102. The predicted molar refractivity (Wildman–Crippen MR) is 77.6 cm³/mol. The van der Waals surface area contributed by atoms with Gasteiger partial charge < -0.3 is 4.52 Å². The summed E-state index contributed by atoms with van der Waals surface area (Å²) >= 11 is 3.37. The zero-order chi connectivity index (χ0) is 13.8. The second-order valence-electron chi connectivity index (χ2n) is 4.56. The summed E-state index contributed by atoms with van der Waals surface area (Å²) in [5.74, 6) is 0.443. The minimum absolute atomic E-state index is 0.201. The lowest BCUT2D eigenvalue weighted by atomic mass is 10.1. The van der Waals surface area contributed by atoms with Gasteiger partial charge in [0, 0.05) is 17.0 Å². The van der Waals surface area contributed by atoms with Crippen molar-refractivity contribution in [3.63, 3.8) is 0 Å². The Balaban J connectivity index is 2.06. The molecular weight excluding hydrogens is 308 g/mol. The summed E-state index contributed by atoms with van der Waals surface area (Å²) in [5, 5.41) is 7.36. The molecule has 0 saturated heterocycles. The molecule has 2 rings (SSSR count). The van der Waals surface area contributed by atoms with E-state index in [-0.39, 0.29) is 11.8 Å². The fourth-order valence-electron chi connectivity index (χ4n) is 1.55. The Morgan fingerprint density at radius 3 is 2.58 bits per heavy atom. The molecule has 2 aromatic rings. The SMILES string of the molecule is CC(C)c1cc(NC(=O)c2ccc(CBr)cc2)on1. The number of nitrogens with one attached hydrogen (secondary N) is 1. The summed E-state index contributed by atoms with van der Waals surface area (Å²) < 4.78 is 5.07. The Morgan fingerprint density at radius 2 is 2.05 bits per heavy atom. The minimum atomic E-state index is -0.201. The average molecular weight is 323 g/mol. The summed E-state index contributed by atoms with van der Waals surface area (Å²) in [4.78, 5) is 12.0. The first-order valence-corrected chi connectivity index (χ1v) is 7.15. The van der Waals surface area contributed by atoms with Gasteiger partial charge in [0.05, 0.1) is 5.69 Å². The molecule has 1 aromatic heterocycles. The van der Waals surface area contributed by atoms with Crippen molar-refractivity contribution in [2.75, 3.05) is 5.32 Å². The van der Waals surface area contributed by atoms with E-state index in [1.807, 2.05) is 26.0 Å². The van der Waals surface area contributed by atoms with Crippen LogP contribution in [0.1, 0.15) is 41.4 Å². The van der Waals surface area contributed by atoms with Gasteiger partial charge in [-0.3, -0.25) is 10.1 Å². The highest BCUT2D eigenvalue weighted by molar-refractivity contribution is 9.08. The topological polar surface area (TPSA) is 55.1 Å². The van der Waals surface area contributed by atoms with E-state index in [9.17, 15) is 4.79 Å². The van der Waals surface area contributed by atoms with Gasteiger partial charge in [-0.15, -0.1) is 0 Å². The van der Waals surface area contributed by atoms with Gasteiger partial charge >= 0.3 is 0 Å². The molecule has 0 aliphatic rings. The van der Waals surface area contributed by atoms with E-state index in [0.717, 1.165) is 16.6 Å². The molecule has 19 heavy (non-hydrogen) atoms. The van der Waals surface area contributed by atoms with Gasteiger partial charge in [-0.05, 0) is 23.6 Å². The van der Waals surface area contributed by atoms with E-state index in [4.69, 9.17) is 4.52 Å². The third-order valence-corrected chi connectivity index (χ3v) is 3.37. The normalized spacial score (nSPS) is 10.7. The minimum Gasteiger partial charge on any atom is -0.338 e. The quantitative estimate of drug-likeness (QED) is 0.867. The van der Waals surface area contributed by atoms with E-state index in [2.05, 4.69) is 26.4 Å². The van der Waals surface area contributed by atoms with Crippen LogP contribution >= 0.6 is 15.9 Å². The van der Waals surface area contributed by atoms with Crippen molar-refractivity contribution >= 4 is 27.7 Å². The highest BCUT2D eigenvalue weighted by Gasteiger charge is 2.11. The highest BCUT2D eigenvalue weighted by Crippen LogP contribution is 2.18. The number of aromatic nitrogens is 1. The standard InChI is InChI=1S/C14H15BrN2O2/c1-9(2)12-7-13(19-17-12)16-14(18)11-5-3-10(8-15)4-6-11/h3-7,9H,8H2,1-2H3,(H,16,18). The monoisotopic (exact) mass is 322 g/mol. The van der Waals surface area contributed by atoms with Crippen LogP contribution in [0.2, 0.25) is 0 Å². The van der Waals surface area contributed by atoms with E-state index in [0.29, 0.717) is 11.4 Å². The number of halogens is 1. The molecule has 0 radical (unpaired) electrons. The van der Waals surface area contributed by atoms with Gasteiger partial charge in [0.15, 0.2) is 0 Å². The first-order valence-electron chi connectivity index (χ1n) is 6.03. The number of hydrogen-bond acceptors (Lipinski definition) is 3. The van der Waals surface area contributed by atoms with Crippen molar-refractivity contribution in [2.24, 2.45) is 0 Å². The molecule has 1 aromatic carbocycles. The Labute approximate surface area is 120 Å². The predicted octanol–water partition coefficient (Wildman–Crippen LogP) is 3.95. The van der Waals surface area contributed by atoms with Gasteiger partial charge in [-0.2, -0.15) is 0 Å². The maximum absolute atomic E-state index is 12.0. The van der Waals surface area contributed by atoms with Crippen LogP contribution in [-0.4, -0.2) is 11.1 Å². The van der Waals surface area contributed by atoms with Crippen molar-refractivity contribution in [1.29, 1.82) is 0 Å². The zero-order valence-electron chi connectivity index (χ0n) is 10.8. The fraction of sp³-hybridized carbons (Fsp3) is 0.286. The maximum atomic E-state index is 12.0. The highest BCUT2D eigenvalue weighted by atomic mass is 79.9. The van der Waals surface area contributed by atoms with Gasteiger partial charge in [0.2, 0.25) is 5.88 Å². The van der Waals surface area contributed by atoms with Crippen molar-refractivity contribution in [3.05, 3.63) is 47.2 Å². The number of rotatable bonds is 4. The van der Waals surface area contributed by atoms with Crippen LogP contribution in [-0.2, 0) is 5.33 Å². The molecule has 1 amide bonds. The first kappa shape index (κ1) is 13.8. The van der Waals surface area contributed by atoms with Crippen LogP contribution < -0.4 is 5.32 Å². The number of carbonyl (C=O) groups is 1. The van der Waals surface area contributed by atoms with Crippen molar-refractivity contribution in [3.8, 4) is 0 Å². The Bertz CT molecular complexity index is 561. The molecule has 1 heterocycles. The number of carbonyl (C=O) groups excluding carboxylic acids is 1. The third-order valence-electron chi connectivity index (χ3n) is 2.73. The number of alkyl halides is 1. The second-order valence-corrected chi connectivity index (χ2v) is 5.12. The fourth-order valence-corrected chi connectivity index (χ4v) is 1.92. The number of amides is 1. The number of nitrogens with zero attached hydrogens (tertiary/aromatic N) is 1. The van der Waals surface area contributed by atoms with Crippen LogP contribution in [0.25, 0.3) is 0 Å². The smallest absolute Gasteiger partial charge is 0.258 e. The number of anilines is 1. The van der Waals surface area contributed by atoms with Gasteiger partial charge in [-0.25, -0.2) is 0 Å². The molecular formula is C14H15BrN2O2. The number of hydrogen-bond donors (Lipinski definition) is 1. The second kappa shape index (κ2) is 6.02. The van der Waals surface area contributed by atoms with E-state index in [1.165, 1.54) is 0 Å². The Morgan fingerprint density at radius 1 is 1.37 bits per heavy atom. The Hall–Kier alpha value is -1.62. The van der Waals surface area contributed by atoms with Gasteiger partial charge in [0.25, 0.3) is 5.91 Å². The molecule has 0 aliphatic carbocycles. The van der Waals surface area contributed by atoms with Crippen LogP contribution in [0.5, 0.6) is 0 Å². The molecule has 0 spiro atoms. The van der Waals surface area contributed by atoms with Crippen molar-refractivity contribution < 1.29 is 9.32 Å². The van der Waals surface area contributed by atoms with Crippen molar-refractivity contribution in [2.45, 2.75) is 25.1 Å². The molecule has 4 nitrogen and oxygen atoms in total. The van der Waals surface area contributed by atoms with E-state index < -0.39 is 0 Å². The van der Waals surface area contributed by atoms with E-state index in [1.54, 1.807) is 18.2 Å². The summed E-state index contributed by atoms with van der Waals surface area (Å²) in [6.45, 7) is 4.03. The van der Waals surface area contributed by atoms with Crippen LogP contribution in [0.4, 0.5) is 5.88 Å². The molecule has 100 valence electrons. The molecule has 5 heteroatoms. The number of benzene rings is 1. The van der Waals surface area contributed by atoms with Crippen LogP contribution in [0, 0.1) is 0 Å². The van der Waals surface area contributed by atoms with Gasteiger partial charge in [0.1, 0.15) is 0 Å². The zero-order valence-corrected chi connectivity index (χ0v) is 12.4. The first-order chi connectivity index (χ1) is 9.10. The molecule has 0 bridgehead atoms. The summed E-state index contributed by atoms with van der Waals surface area (Å²) in [6, 6.07) is 9.12. The van der Waals surface area contributed by atoms with Crippen molar-refractivity contribution in [1.82, 2.24) is 5.16 Å². The van der Waals surface area contributed by atoms with E-state index >= 15 is 0 Å². The molecule has 0 saturated carbocycles. The molecule has 1 N–H and O–H groups in total. The molecule has 0 fully saturated rings. The van der Waals surface area contributed by atoms with Crippen LogP contribution in [0.3, 0.4) is 0 Å². The summed E-state index contributed by atoms with van der Waals surface area (Å²) in [7, 11) is 0. The average Bonchev–Trinajstić information content (AvgIpc) is 2.87.